The van der Waals surface area contributed by atoms with Gasteiger partial charge in [-0.05, 0) is 17.7 Å². The summed E-state index contributed by atoms with van der Waals surface area (Å²) in [7, 11) is 0. The third-order valence-corrected chi connectivity index (χ3v) is 6.11. The van der Waals surface area contributed by atoms with E-state index in [1.54, 1.807) is 22.4 Å². The Bertz CT molecular complexity index is 826. The Morgan fingerprint density at radius 3 is 2.42 bits per heavy atom. The lowest BCUT2D eigenvalue weighted by atomic mass is 9.89. The summed E-state index contributed by atoms with van der Waals surface area (Å²) in [6.07, 6.45) is 0. The van der Waals surface area contributed by atoms with Gasteiger partial charge in [-0.2, -0.15) is 0 Å². The summed E-state index contributed by atoms with van der Waals surface area (Å²) >= 11 is 7.39. The minimum Gasteiger partial charge on any atom is -0.481 e. The molecule has 0 unspecified atom stereocenters. The zero-order chi connectivity index (χ0) is 19.1. The molecule has 0 radical (unpaired) electrons. The molecular formula is C19H21ClN2O3S. The van der Waals surface area contributed by atoms with Gasteiger partial charge < -0.3 is 10.0 Å². The zero-order valence-corrected chi connectivity index (χ0v) is 16.5. The smallest absolute Gasteiger partial charge is 0.308 e. The van der Waals surface area contributed by atoms with Gasteiger partial charge in [-0.25, -0.2) is 4.98 Å². The second-order valence-electron chi connectivity index (χ2n) is 7.60. The minimum atomic E-state index is -0.895. The number of hydrogen-bond acceptors (Lipinski definition) is 4. The lowest BCUT2D eigenvalue weighted by Crippen LogP contribution is -2.30. The molecule has 26 heavy (non-hydrogen) atoms. The molecule has 1 fully saturated rings. The Labute approximate surface area is 161 Å². The molecule has 1 aromatic carbocycles. The maximum Gasteiger partial charge on any atom is 0.308 e. The van der Waals surface area contributed by atoms with Crippen molar-refractivity contribution in [1.82, 2.24) is 9.88 Å². The fourth-order valence-corrected chi connectivity index (χ4v) is 4.15. The van der Waals surface area contributed by atoms with Crippen molar-refractivity contribution in [2.75, 3.05) is 13.1 Å². The van der Waals surface area contributed by atoms with Gasteiger partial charge >= 0.3 is 5.97 Å². The van der Waals surface area contributed by atoms with E-state index in [1.165, 1.54) is 11.3 Å². The van der Waals surface area contributed by atoms with Crippen LogP contribution in [0.25, 0.3) is 0 Å². The van der Waals surface area contributed by atoms with Gasteiger partial charge in [0, 0.05) is 34.8 Å². The van der Waals surface area contributed by atoms with Crippen molar-refractivity contribution in [3.05, 3.63) is 50.9 Å². The number of carboxylic acid groups (broad SMARTS) is 1. The summed E-state index contributed by atoms with van der Waals surface area (Å²) in [4.78, 5) is 30.6. The number of benzene rings is 1. The highest BCUT2D eigenvalue weighted by Gasteiger charge is 2.41. The first-order valence-electron chi connectivity index (χ1n) is 8.40. The van der Waals surface area contributed by atoms with E-state index in [1.807, 2.05) is 32.9 Å². The van der Waals surface area contributed by atoms with Crippen LogP contribution in [-0.2, 0) is 10.2 Å². The predicted octanol–water partition coefficient (Wildman–Crippen LogP) is 4.03. The van der Waals surface area contributed by atoms with Gasteiger partial charge in [-0.15, -0.1) is 11.3 Å². The Hall–Kier alpha value is -1.92. The number of likely N-dealkylation sites (tertiary alicyclic amines) is 1. The molecule has 0 spiro atoms. The van der Waals surface area contributed by atoms with Crippen molar-refractivity contribution in [2.45, 2.75) is 32.1 Å². The fourth-order valence-electron chi connectivity index (χ4n) is 3.15. The van der Waals surface area contributed by atoms with Gasteiger partial charge in [-0.1, -0.05) is 44.5 Å². The molecule has 0 aliphatic carbocycles. The Morgan fingerprint density at radius 1 is 1.23 bits per heavy atom. The monoisotopic (exact) mass is 392 g/mol. The summed E-state index contributed by atoms with van der Waals surface area (Å²) in [5.41, 5.74) is 1.15. The van der Waals surface area contributed by atoms with Crippen LogP contribution in [0, 0.1) is 5.92 Å². The molecule has 1 aliphatic rings. The maximum absolute atomic E-state index is 12.8. The van der Waals surface area contributed by atoms with E-state index in [9.17, 15) is 14.7 Å². The lowest BCUT2D eigenvalue weighted by Gasteiger charge is -2.16. The molecule has 1 aliphatic heterocycles. The molecule has 3 rings (SSSR count). The van der Waals surface area contributed by atoms with E-state index in [4.69, 9.17) is 11.6 Å². The topological polar surface area (TPSA) is 70.5 Å². The predicted molar refractivity (Wildman–Crippen MR) is 102 cm³/mol. The average molecular weight is 393 g/mol. The molecule has 2 heterocycles. The van der Waals surface area contributed by atoms with E-state index in [-0.39, 0.29) is 23.8 Å². The number of carbonyl (C=O) groups excluding carboxylic acids is 1. The third-order valence-electron chi connectivity index (χ3n) is 4.59. The SMILES string of the molecule is CC(C)(C)c1nc(C(=O)N2C[C@@H](C(=O)O)[C@H](c3ccc(Cl)cc3)C2)cs1. The van der Waals surface area contributed by atoms with Crippen LogP contribution in [0.15, 0.2) is 29.6 Å². The Balaban J connectivity index is 1.83. The standard InChI is InChI=1S/C19H21ClN2O3S/c1-19(2,3)18-21-15(10-26-18)16(23)22-8-13(14(9-22)17(24)25)11-4-6-12(20)7-5-11/h4-7,10,13-14H,8-9H2,1-3H3,(H,24,25)/t13-,14+/m0/s1. The summed E-state index contributed by atoms with van der Waals surface area (Å²) < 4.78 is 0. The number of aromatic nitrogens is 1. The Kier molecular flexibility index (Phi) is 5.08. The molecular weight excluding hydrogens is 372 g/mol. The molecule has 1 N–H and O–H groups in total. The first-order valence-corrected chi connectivity index (χ1v) is 9.66. The number of carboxylic acids is 1. The highest BCUT2D eigenvalue weighted by Crippen LogP contribution is 2.35. The second kappa shape index (κ2) is 7.00. The molecule has 5 nitrogen and oxygen atoms in total. The number of aliphatic carboxylic acids is 1. The van der Waals surface area contributed by atoms with Crippen LogP contribution in [-0.4, -0.2) is 40.0 Å². The van der Waals surface area contributed by atoms with Crippen molar-refractivity contribution in [3.8, 4) is 0 Å². The summed E-state index contributed by atoms with van der Waals surface area (Å²) in [6, 6.07) is 7.15. The molecule has 2 atom stereocenters. The molecule has 0 bridgehead atoms. The largest absolute Gasteiger partial charge is 0.481 e. The van der Waals surface area contributed by atoms with Crippen molar-refractivity contribution in [2.24, 2.45) is 5.92 Å². The lowest BCUT2D eigenvalue weighted by molar-refractivity contribution is -0.141. The first-order chi connectivity index (χ1) is 12.2. The molecule has 1 saturated heterocycles. The molecule has 1 amide bonds. The second-order valence-corrected chi connectivity index (χ2v) is 8.90. The maximum atomic E-state index is 12.8. The Morgan fingerprint density at radius 2 is 1.88 bits per heavy atom. The minimum absolute atomic E-state index is 0.121. The highest BCUT2D eigenvalue weighted by atomic mass is 35.5. The molecule has 1 aromatic heterocycles. The number of hydrogen-bond donors (Lipinski definition) is 1. The van der Waals surface area contributed by atoms with Crippen molar-refractivity contribution in [3.63, 3.8) is 0 Å². The summed E-state index contributed by atoms with van der Waals surface area (Å²) in [5, 5.41) is 12.9. The van der Waals surface area contributed by atoms with Gasteiger partial charge in [0.2, 0.25) is 0 Å². The molecule has 138 valence electrons. The van der Waals surface area contributed by atoms with Crippen LogP contribution in [0.3, 0.4) is 0 Å². The van der Waals surface area contributed by atoms with E-state index in [2.05, 4.69) is 4.98 Å². The zero-order valence-electron chi connectivity index (χ0n) is 14.9. The average Bonchev–Trinajstić information content (AvgIpc) is 3.22. The van der Waals surface area contributed by atoms with E-state index in [0.29, 0.717) is 17.3 Å². The number of amides is 1. The van der Waals surface area contributed by atoms with Crippen LogP contribution in [0.5, 0.6) is 0 Å². The van der Waals surface area contributed by atoms with E-state index >= 15 is 0 Å². The van der Waals surface area contributed by atoms with Crippen molar-refractivity contribution >= 4 is 34.8 Å². The van der Waals surface area contributed by atoms with Crippen LogP contribution in [0.2, 0.25) is 5.02 Å². The van der Waals surface area contributed by atoms with Gasteiger partial charge in [0.1, 0.15) is 5.69 Å². The van der Waals surface area contributed by atoms with Crippen molar-refractivity contribution < 1.29 is 14.7 Å². The van der Waals surface area contributed by atoms with E-state index < -0.39 is 11.9 Å². The first kappa shape index (κ1) is 18.9. The van der Waals surface area contributed by atoms with Crippen LogP contribution < -0.4 is 0 Å². The molecule has 0 saturated carbocycles. The molecule has 2 aromatic rings. The van der Waals surface area contributed by atoms with Crippen LogP contribution in [0.4, 0.5) is 0 Å². The van der Waals surface area contributed by atoms with Crippen molar-refractivity contribution in [1.29, 1.82) is 0 Å². The van der Waals surface area contributed by atoms with Gasteiger partial charge in [0.15, 0.2) is 0 Å². The van der Waals surface area contributed by atoms with Crippen LogP contribution >= 0.6 is 22.9 Å². The number of carbonyl (C=O) groups is 2. The number of rotatable bonds is 3. The fraction of sp³-hybridized carbons (Fsp3) is 0.421. The number of nitrogens with zero attached hydrogens (tertiary/aromatic N) is 2. The summed E-state index contributed by atoms with van der Waals surface area (Å²) in [6.45, 7) is 6.69. The van der Waals surface area contributed by atoms with Gasteiger partial charge in [-0.3, -0.25) is 9.59 Å². The number of halogens is 1. The quantitative estimate of drug-likeness (QED) is 0.855. The number of thiazole rings is 1. The third kappa shape index (κ3) is 3.76. The van der Waals surface area contributed by atoms with E-state index in [0.717, 1.165) is 10.6 Å². The van der Waals surface area contributed by atoms with Crippen LogP contribution in [0.1, 0.15) is 47.7 Å². The highest BCUT2D eigenvalue weighted by molar-refractivity contribution is 7.10. The van der Waals surface area contributed by atoms with Gasteiger partial charge in [0.05, 0.1) is 10.9 Å². The normalized spacial score (nSPS) is 20.4. The molecule has 7 heteroatoms. The van der Waals surface area contributed by atoms with Gasteiger partial charge in [0.25, 0.3) is 5.91 Å². The summed E-state index contributed by atoms with van der Waals surface area (Å²) in [5.74, 6) is -2.00.